The van der Waals surface area contributed by atoms with E-state index in [2.05, 4.69) is 21.7 Å². The molecule has 2 rings (SSSR count). The highest BCUT2D eigenvalue weighted by Crippen LogP contribution is 2.22. The molecule has 0 spiro atoms. The van der Waals surface area contributed by atoms with Gasteiger partial charge in [0.1, 0.15) is 0 Å². The molecule has 0 saturated carbocycles. The van der Waals surface area contributed by atoms with Crippen LogP contribution in [0.5, 0.6) is 0 Å². The lowest BCUT2D eigenvalue weighted by atomic mass is 10.0. The van der Waals surface area contributed by atoms with Crippen LogP contribution in [0.15, 0.2) is 59.1 Å². The molecule has 1 unspecified atom stereocenters. The first-order valence-electron chi connectivity index (χ1n) is 7.78. The minimum Gasteiger partial charge on any atom is -0.387 e. The third kappa shape index (κ3) is 6.04. The van der Waals surface area contributed by atoms with Gasteiger partial charge in [0.2, 0.25) is 0 Å². The lowest BCUT2D eigenvalue weighted by Gasteiger charge is -2.07. The van der Waals surface area contributed by atoms with Crippen LogP contribution in [0.25, 0.3) is 0 Å². The Bertz CT molecular complexity index is 504. The van der Waals surface area contributed by atoms with E-state index in [4.69, 9.17) is 4.84 Å². The largest absolute Gasteiger partial charge is 0.387 e. The smallest absolute Gasteiger partial charge is 0.159 e. The first kappa shape index (κ1) is 19.8. The van der Waals surface area contributed by atoms with E-state index in [0.717, 1.165) is 23.3 Å². The van der Waals surface area contributed by atoms with Gasteiger partial charge in [-0.3, -0.25) is 9.98 Å². The molecule has 120 valence electrons. The second kappa shape index (κ2) is 12.5. The van der Waals surface area contributed by atoms with Crippen molar-refractivity contribution in [1.29, 1.82) is 0 Å². The van der Waals surface area contributed by atoms with Gasteiger partial charge in [0.15, 0.2) is 6.10 Å². The van der Waals surface area contributed by atoms with Crippen LogP contribution >= 0.6 is 0 Å². The van der Waals surface area contributed by atoms with E-state index in [1.807, 2.05) is 46.8 Å². The van der Waals surface area contributed by atoms with E-state index in [0.29, 0.717) is 0 Å². The maximum absolute atomic E-state index is 5.42. The molecule has 0 saturated heterocycles. The van der Waals surface area contributed by atoms with Gasteiger partial charge in [0, 0.05) is 42.4 Å². The summed E-state index contributed by atoms with van der Waals surface area (Å²) in [7, 11) is 0. The SMILES string of the molecule is C=C/C(=C\N=CC)C1CC(c2ccncc2)=NO1.CC.CC. The Morgan fingerprint density at radius 1 is 1.27 bits per heavy atom. The van der Waals surface area contributed by atoms with Gasteiger partial charge in [-0.2, -0.15) is 0 Å². The number of oxime groups is 1. The van der Waals surface area contributed by atoms with Crippen LogP contribution in [0.1, 0.15) is 46.6 Å². The summed E-state index contributed by atoms with van der Waals surface area (Å²) < 4.78 is 0. The van der Waals surface area contributed by atoms with Gasteiger partial charge in [-0.05, 0) is 19.1 Å². The molecule has 4 nitrogen and oxygen atoms in total. The molecule has 0 bridgehead atoms. The Morgan fingerprint density at radius 2 is 1.91 bits per heavy atom. The van der Waals surface area contributed by atoms with E-state index in [1.165, 1.54) is 0 Å². The van der Waals surface area contributed by atoms with Crippen LogP contribution in [0.4, 0.5) is 0 Å². The fourth-order valence-electron chi connectivity index (χ4n) is 1.70. The average Bonchev–Trinajstić information content (AvgIpc) is 3.10. The number of hydrogen-bond acceptors (Lipinski definition) is 4. The van der Waals surface area contributed by atoms with Crippen molar-refractivity contribution in [3.63, 3.8) is 0 Å². The molecule has 0 amide bonds. The van der Waals surface area contributed by atoms with Crippen molar-refractivity contribution in [3.05, 3.63) is 54.5 Å². The third-order valence-corrected chi connectivity index (χ3v) is 2.66. The summed E-state index contributed by atoms with van der Waals surface area (Å²) in [5.41, 5.74) is 2.89. The van der Waals surface area contributed by atoms with Crippen molar-refractivity contribution in [2.75, 3.05) is 0 Å². The summed E-state index contributed by atoms with van der Waals surface area (Å²) in [6.45, 7) is 13.6. The van der Waals surface area contributed by atoms with Crippen molar-refractivity contribution < 1.29 is 4.84 Å². The van der Waals surface area contributed by atoms with Gasteiger partial charge in [-0.25, -0.2) is 0 Å². The summed E-state index contributed by atoms with van der Waals surface area (Å²) in [5, 5.41) is 4.11. The van der Waals surface area contributed by atoms with Crippen molar-refractivity contribution in [2.24, 2.45) is 10.1 Å². The fraction of sp³-hybridized carbons (Fsp3) is 0.389. The standard InChI is InChI=1S/C14H15N3O.2C2H6/c1-3-11(10-15-4-2)14-9-13(17-18-14)12-5-7-16-8-6-12;2*1-2/h3-8,10,14H,1,9H2,2H3;2*1-2H3/b11-10+,15-4?;;. The summed E-state index contributed by atoms with van der Waals surface area (Å²) in [4.78, 5) is 13.5. The third-order valence-electron chi connectivity index (χ3n) is 2.66. The summed E-state index contributed by atoms with van der Waals surface area (Å²) in [6.07, 6.45) is 9.35. The number of rotatable bonds is 4. The molecule has 0 N–H and O–H groups in total. The number of hydrogen-bond donors (Lipinski definition) is 0. The van der Waals surface area contributed by atoms with Crippen molar-refractivity contribution in [3.8, 4) is 0 Å². The van der Waals surface area contributed by atoms with Crippen LogP contribution in [-0.4, -0.2) is 23.0 Å². The summed E-state index contributed by atoms with van der Waals surface area (Å²) in [5.74, 6) is 0. The molecule has 4 heteroatoms. The first-order valence-corrected chi connectivity index (χ1v) is 7.78. The number of aromatic nitrogens is 1. The quantitative estimate of drug-likeness (QED) is 0.593. The normalized spacial score (nSPS) is 16.7. The second-order valence-electron chi connectivity index (χ2n) is 3.81. The second-order valence-corrected chi connectivity index (χ2v) is 3.81. The molecule has 0 fully saturated rings. The van der Waals surface area contributed by atoms with Crippen LogP contribution in [0, 0.1) is 0 Å². The van der Waals surface area contributed by atoms with E-state index in [1.54, 1.807) is 30.9 Å². The zero-order valence-electron chi connectivity index (χ0n) is 14.3. The molecule has 1 aliphatic rings. The van der Waals surface area contributed by atoms with Crippen LogP contribution < -0.4 is 0 Å². The van der Waals surface area contributed by atoms with Crippen molar-refractivity contribution in [2.45, 2.75) is 47.1 Å². The number of aliphatic imine (C=N–C) groups is 1. The number of pyridine rings is 1. The Hall–Kier alpha value is -2.23. The molecule has 1 aliphatic heterocycles. The molecule has 0 radical (unpaired) electrons. The molecular formula is C18H27N3O. The van der Waals surface area contributed by atoms with E-state index >= 15 is 0 Å². The van der Waals surface area contributed by atoms with Gasteiger partial charge >= 0.3 is 0 Å². The molecule has 0 aromatic carbocycles. The zero-order valence-corrected chi connectivity index (χ0v) is 14.3. The molecule has 1 aromatic rings. The average molecular weight is 301 g/mol. The summed E-state index contributed by atoms with van der Waals surface area (Å²) >= 11 is 0. The first-order chi connectivity index (χ1) is 10.8. The monoisotopic (exact) mass is 301 g/mol. The van der Waals surface area contributed by atoms with Crippen molar-refractivity contribution >= 4 is 11.9 Å². The highest BCUT2D eigenvalue weighted by atomic mass is 16.6. The Kier molecular flexibility index (Phi) is 11.2. The van der Waals surface area contributed by atoms with E-state index in [-0.39, 0.29) is 6.10 Å². The summed E-state index contributed by atoms with van der Waals surface area (Å²) in [6, 6.07) is 3.85. The highest BCUT2D eigenvalue weighted by molar-refractivity contribution is 6.01. The van der Waals surface area contributed by atoms with E-state index in [9.17, 15) is 0 Å². The Labute approximate surface area is 134 Å². The van der Waals surface area contributed by atoms with Gasteiger partial charge in [-0.15, -0.1) is 0 Å². The molecule has 1 aromatic heterocycles. The minimum absolute atomic E-state index is 0.102. The fourth-order valence-corrected chi connectivity index (χ4v) is 1.70. The maximum atomic E-state index is 5.42. The van der Waals surface area contributed by atoms with E-state index < -0.39 is 0 Å². The maximum Gasteiger partial charge on any atom is 0.159 e. The van der Waals surface area contributed by atoms with Gasteiger partial charge in [0.05, 0.1) is 5.71 Å². The lowest BCUT2D eigenvalue weighted by Crippen LogP contribution is -2.10. The molecule has 1 atom stereocenters. The zero-order chi connectivity index (χ0) is 16.8. The topological polar surface area (TPSA) is 46.8 Å². The number of nitrogens with zero attached hydrogens (tertiary/aromatic N) is 3. The molecular weight excluding hydrogens is 274 g/mol. The molecule has 0 aliphatic carbocycles. The minimum atomic E-state index is -0.102. The molecule has 2 heterocycles. The van der Waals surface area contributed by atoms with Crippen LogP contribution in [-0.2, 0) is 4.84 Å². The lowest BCUT2D eigenvalue weighted by molar-refractivity contribution is 0.114. The van der Waals surface area contributed by atoms with Crippen LogP contribution in [0.2, 0.25) is 0 Å². The highest BCUT2D eigenvalue weighted by Gasteiger charge is 2.24. The van der Waals surface area contributed by atoms with Gasteiger partial charge < -0.3 is 4.84 Å². The van der Waals surface area contributed by atoms with Gasteiger partial charge in [0.25, 0.3) is 0 Å². The van der Waals surface area contributed by atoms with Gasteiger partial charge in [-0.1, -0.05) is 45.5 Å². The van der Waals surface area contributed by atoms with Crippen molar-refractivity contribution in [1.82, 2.24) is 4.98 Å². The molecule has 22 heavy (non-hydrogen) atoms. The predicted octanol–water partition coefficient (Wildman–Crippen LogP) is 4.79. The Morgan fingerprint density at radius 3 is 2.45 bits per heavy atom. The Balaban J connectivity index is 0.00000102. The van der Waals surface area contributed by atoms with Crippen LogP contribution in [0.3, 0.4) is 0 Å². The predicted molar refractivity (Wildman–Crippen MR) is 95.4 cm³/mol.